The maximum atomic E-state index is 13.2. The SMILES string of the molecule is CCS(=O)(=O)CCC(=O)Nc1ccccc1F. The summed E-state index contributed by atoms with van der Waals surface area (Å²) in [6, 6.07) is 5.73. The number of carbonyl (C=O) groups excluding carboxylic acids is 1. The van der Waals surface area contributed by atoms with E-state index in [0.717, 1.165) is 0 Å². The van der Waals surface area contributed by atoms with Crippen molar-refractivity contribution in [2.75, 3.05) is 16.8 Å². The van der Waals surface area contributed by atoms with E-state index >= 15 is 0 Å². The second-order valence-corrected chi connectivity index (χ2v) is 5.99. The van der Waals surface area contributed by atoms with Crippen molar-refractivity contribution in [1.82, 2.24) is 0 Å². The first-order valence-corrected chi connectivity index (χ1v) is 7.01. The molecule has 1 rings (SSSR count). The molecule has 1 N–H and O–H groups in total. The first-order valence-electron chi connectivity index (χ1n) is 5.19. The molecule has 1 aromatic rings. The van der Waals surface area contributed by atoms with Crippen LogP contribution in [0, 0.1) is 5.82 Å². The molecule has 0 unspecified atom stereocenters. The van der Waals surface area contributed by atoms with Crippen LogP contribution in [0.4, 0.5) is 10.1 Å². The van der Waals surface area contributed by atoms with Crippen molar-refractivity contribution in [3.8, 4) is 0 Å². The molecule has 0 aromatic heterocycles. The summed E-state index contributed by atoms with van der Waals surface area (Å²) in [5.74, 6) is -1.27. The van der Waals surface area contributed by atoms with E-state index in [9.17, 15) is 17.6 Å². The smallest absolute Gasteiger partial charge is 0.225 e. The molecule has 0 heterocycles. The zero-order chi connectivity index (χ0) is 12.9. The molecule has 0 aliphatic carbocycles. The summed E-state index contributed by atoms with van der Waals surface area (Å²) in [5.41, 5.74) is 0.0615. The van der Waals surface area contributed by atoms with Gasteiger partial charge in [-0.15, -0.1) is 0 Å². The van der Waals surface area contributed by atoms with Crippen molar-refractivity contribution in [3.05, 3.63) is 30.1 Å². The predicted molar refractivity (Wildman–Crippen MR) is 64.0 cm³/mol. The molecule has 94 valence electrons. The number of nitrogens with one attached hydrogen (secondary N) is 1. The predicted octanol–water partition coefficient (Wildman–Crippen LogP) is 1.59. The van der Waals surface area contributed by atoms with E-state index in [4.69, 9.17) is 0 Å². The van der Waals surface area contributed by atoms with Crippen molar-refractivity contribution >= 4 is 21.4 Å². The fraction of sp³-hybridized carbons (Fsp3) is 0.364. The third kappa shape index (κ3) is 4.52. The van der Waals surface area contributed by atoms with Gasteiger partial charge in [0.2, 0.25) is 5.91 Å². The molecule has 0 radical (unpaired) electrons. The molecule has 0 aliphatic heterocycles. The summed E-state index contributed by atoms with van der Waals surface area (Å²) >= 11 is 0. The van der Waals surface area contributed by atoms with Gasteiger partial charge in [0.25, 0.3) is 0 Å². The average Bonchev–Trinajstić information content (AvgIpc) is 2.30. The van der Waals surface area contributed by atoms with Gasteiger partial charge in [0.1, 0.15) is 5.82 Å². The maximum absolute atomic E-state index is 13.2. The lowest BCUT2D eigenvalue weighted by Crippen LogP contribution is -2.18. The Kier molecular flexibility index (Phi) is 4.62. The molecule has 0 saturated carbocycles. The molecule has 0 fully saturated rings. The van der Waals surface area contributed by atoms with Crippen molar-refractivity contribution in [1.29, 1.82) is 0 Å². The van der Waals surface area contributed by atoms with E-state index in [2.05, 4.69) is 5.32 Å². The molecule has 1 aromatic carbocycles. The molecule has 1 amide bonds. The minimum absolute atomic E-state index is 0.0000217. The van der Waals surface area contributed by atoms with Crippen LogP contribution < -0.4 is 5.32 Å². The highest BCUT2D eigenvalue weighted by atomic mass is 32.2. The Labute approximate surface area is 99.8 Å². The number of halogens is 1. The Hall–Kier alpha value is -1.43. The largest absolute Gasteiger partial charge is 0.324 e. The van der Waals surface area contributed by atoms with Gasteiger partial charge < -0.3 is 5.32 Å². The van der Waals surface area contributed by atoms with E-state index in [1.54, 1.807) is 6.07 Å². The van der Waals surface area contributed by atoms with Gasteiger partial charge in [-0.2, -0.15) is 0 Å². The van der Waals surface area contributed by atoms with Gasteiger partial charge in [-0.3, -0.25) is 4.79 Å². The summed E-state index contributed by atoms with van der Waals surface area (Å²) in [5, 5.41) is 2.33. The van der Waals surface area contributed by atoms with Crippen LogP contribution in [0.15, 0.2) is 24.3 Å². The number of benzene rings is 1. The number of sulfone groups is 1. The number of anilines is 1. The van der Waals surface area contributed by atoms with Gasteiger partial charge in [0, 0.05) is 12.2 Å². The maximum Gasteiger partial charge on any atom is 0.225 e. The Morgan fingerprint density at radius 3 is 2.59 bits per heavy atom. The zero-order valence-corrected chi connectivity index (χ0v) is 10.3. The van der Waals surface area contributed by atoms with E-state index in [1.807, 2.05) is 0 Å². The standard InChI is InChI=1S/C11H14FNO3S/c1-2-17(15,16)8-7-11(14)13-10-6-4-3-5-9(10)12/h3-6H,2,7-8H2,1H3,(H,13,14). The molecule has 17 heavy (non-hydrogen) atoms. The summed E-state index contributed by atoms with van der Waals surface area (Å²) in [4.78, 5) is 11.4. The number of hydrogen-bond donors (Lipinski definition) is 1. The van der Waals surface area contributed by atoms with E-state index < -0.39 is 21.6 Å². The Bertz CT molecular complexity index is 499. The second kappa shape index (κ2) is 5.77. The zero-order valence-electron chi connectivity index (χ0n) is 9.44. The van der Waals surface area contributed by atoms with Crippen LogP contribution in [0.1, 0.15) is 13.3 Å². The molecule has 0 saturated heterocycles. The number of rotatable bonds is 5. The fourth-order valence-electron chi connectivity index (χ4n) is 1.17. The quantitative estimate of drug-likeness (QED) is 0.873. The number of hydrogen-bond acceptors (Lipinski definition) is 3. The van der Waals surface area contributed by atoms with E-state index in [1.165, 1.54) is 25.1 Å². The van der Waals surface area contributed by atoms with Crippen LogP contribution in [0.3, 0.4) is 0 Å². The Morgan fingerprint density at radius 1 is 1.35 bits per heavy atom. The highest BCUT2D eigenvalue weighted by Crippen LogP contribution is 2.12. The molecule has 0 aliphatic rings. The fourth-order valence-corrected chi connectivity index (χ4v) is 1.95. The number of amides is 1. The lowest BCUT2D eigenvalue weighted by molar-refractivity contribution is -0.115. The minimum atomic E-state index is -3.17. The van der Waals surface area contributed by atoms with Crippen LogP contribution in [0.2, 0.25) is 0 Å². The van der Waals surface area contributed by atoms with Gasteiger partial charge in [-0.05, 0) is 12.1 Å². The summed E-state index contributed by atoms with van der Waals surface area (Å²) in [7, 11) is -3.17. The summed E-state index contributed by atoms with van der Waals surface area (Å²) in [6.45, 7) is 1.52. The molecule has 0 spiro atoms. The van der Waals surface area contributed by atoms with Gasteiger partial charge in [0.05, 0.1) is 11.4 Å². The molecule has 0 atom stereocenters. The van der Waals surface area contributed by atoms with Crippen molar-refractivity contribution in [3.63, 3.8) is 0 Å². The van der Waals surface area contributed by atoms with Crippen LogP contribution in [-0.2, 0) is 14.6 Å². The van der Waals surface area contributed by atoms with Crippen molar-refractivity contribution < 1.29 is 17.6 Å². The van der Waals surface area contributed by atoms with Gasteiger partial charge in [-0.25, -0.2) is 12.8 Å². The first kappa shape index (κ1) is 13.6. The highest BCUT2D eigenvalue weighted by Gasteiger charge is 2.12. The third-order valence-corrected chi connectivity index (χ3v) is 3.93. The van der Waals surface area contributed by atoms with Crippen LogP contribution in [0.5, 0.6) is 0 Å². The molecule has 0 bridgehead atoms. The first-order chi connectivity index (χ1) is 7.94. The molecule has 6 heteroatoms. The summed E-state index contributed by atoms with van der Waals surface area (Å²) in [6.07, 6.45) is -0.162. The van der Waals surface area contributed by atoms with E-state index in [0.29, 0.717) is 0 Å². The van der Waals surface area contributed by atoms with Crippen molar-refractivity contribution in [2.45, 2.75) is 13.3 Å². The topological polar surface area (TPSA) is 63.2 Å². The van der Waals surface area contributed by atoms with Gasteiger partial charge >= 0.3 is 0 Å². The van der Waals surface area contributed by atoms with Gasteiger partial charge in [-0.1, -0.05) is 19.1 Å². The lowest BCUT2D eigenvalue weighted by Gasteiger charge is -2.05. The van der Waals surface area contributed by atoms with Crippen LogP contribution >= 0.6 is 0 Å². The monoisotopic (exact) mass is 259 g/mol. The third-order valence-electron chi connectivity index (χ3n) is 2.23. The van der Waals surface area contributed by atoms with Crippen molar-refractivity contribution in [2.24, 2.45) is 0 Å². The van der Waals surface area contributed by atoms with Gasteiger partial charge in [0.15, 0.2) is 9.84 Å². The molecular formula is C11H14FNO3S. The molecular weight excluding hydrogens is 245 g/mol. The highest BCUT2D eigenvalue weighted by molar-refractivity contribution is 7.91. The Balaban J connectivity index is 2.54. The average molecular weight is 259 g/mol. The molecule has 4 nitrogen and oxygen atoms in total. The van der Waals surface area contributed by atoms with E-state index in [-0.39, 0.29) is 23.6 Å². The second-order valence-electron chi connectivity index (χ2n) is 3.51. The van der Waals surface area contributed by atoms with Crippen LogP contribution in [-0.4, -0.2) is 25.8 Å². The number of carbonyl (C=O) groups is 1. The minimum Gasteiger partial charge on any atom is -0.324 e. The normalized spacial score (nSPS) is 11.2. The summed E-state index contributed by atoms with van der Waals surface area (Å²) < 4.78 is 35.5. The lowest BCUT2D eigenvalue weighted by atomic mass is 10.3. The van der Waals surface area contributed by atoms with Crippen LogP contribution in [0.25, 0.3) is 0 Å². The number of para-hydroxylation sites is 1. The Morgan fingerprint density at radius 2 is 2.00 bits per heavy atom.